The van der Waals surface area contributed by atoms with Gasteiger partial charge in [-0.2, -0.15) is 0 Å². The third kappa shape index (κ3) is 4.66. The van der Waals surface area contributed by atoms with Gasteiger partial charge in [0.15, 0.2) is 0 Å². The molecule has 168 valence electrons. The maximum absolute atomic E-state index is 12.7. The number of benzene rings is 1. The van der Waals surface area contributed by atoms with Crippen LogP contribution in [0.25, 0.3) is 5.82 Å². The summed E-state index contributed by atoms with van der Waals surface area (Å²) >= 11 is 0. The van der Waals surface area contributed by atoms with Crippen LogP contribution >= 0.6 is 0 Å². The molecule has 0 spiro atoms. The second-order valence-corrected chi connectivity index (χ2v) is 7.78. The van der Waals surface area contributed by atoms with Gasteiger partial charge >= 0.3 is 6.03 Å². The first-order chi connectivity index (χ1) is 15.4. The van der Waals surface area contributed by atoms with Crippen molar-refractivity contribution in [3.8, 4) is 11.6 Å². The number of ether oxygens (including phenoxy) is 1. The number of anilines is 2. The summed E-state index contributed by atoms with van der Waals surface area (Å²) in [6.07, 6.45) is 1.79. The minimum atomic E-state index is -0.0992. The molecule has 32 heavy (non-hydrogen) atoms. The summed E-state index contributed by atoms with van der Waals surface area (Å²) in [4.78, 5) is 30.3. The number of carbonyl (C=O) groups is 1. The van der Waals surface area contributed by atoms with Crippen molar-refractivity contribution in [3.63, 3.8) is 0 Å². The molecule has 0 aliphatic carbocycles. The van der Waals surface area contributed by atoms with E-state index >= 15 is 0 Å². The summed E-state index contributed by atoms with van der Waals surface area (Å²) in [7, 11) is 0. The van der Waals surface area contributed by atoms with Crippen LogP contribution in [0.4, 0.5) is 16.3 Å². The number of imidazole rings is 1. The molecule has 4 rings (SSSR count). The summed E-state index contributed by atoms with van der Waals surface area (Å²) in [5.74, 6) is 3.17. The van der Waals surface area contributed by atoms with Crippen molar-refractivity contribution in [2.24, 2.45) is 0 Å². The standard InChI is InChI=1S/C23H29N7O2/c1-5-32-20-8-6-19(7-9-20)27-23(31)29-12-10-28(11-13-29)21-14-22(26-18(4)25-21)30-15-24-16(2)17(30)3/h6-9,14-15H,5,10-13H2,1-4H3,(H,27,31). The Kier molecular flexibility index (Phi) is 6.25. The molecule has 1 aliphatic rings. The van der Waals surface area contributed by atoms with E-state index in [1.54, 1.807) is 6.33 Å². The molecule has 3 aromatic rings. The number of urea groups is 1. The lowest BCUT2D eigenvalue weighted by Gasteiger charge is -2.35. The van der Waals surface area contributed by atoms with Crippen molar-refractivity contribution >= 4 is 17.5 Å². The number of hydrogen-bond acceptors (Lipinski definition) is 6. The van der Waals surface area contributed by atoms with E-state index in [1.807, 2.05) is 67.5 Å². The zero-order chi connectivity index (χ0) is 22.7. The van der Waals surface area contributed by atoms with Crippen molar-refractivity contribution in [3.05, 3.63) is 53.9 Å². The minimum absolute atomic E-state index is 0.0992. The third-order valence-corrected chi connectivity index (χ3v) is 5.62. The number of aromatic nitrogens is 4. The van der Waals surface area contributed by atoms with Crippen molar-refractivity contribution in [1.82, 2.24) is 24.4 Å². The molecule has 0 unspecified atom stereocenters. The molecule has 2 aromatic heterocycles. The fraction of sp³-hybridized carbons (Fsp3) is 0.391. The highest BCUT2D eigenvalue weighted by Gasteiger charge is 2.23. The van der Waals surface area contributed by atoms with E-state index < -0.39 is 0 Å². The van der Waals surface area contributed by atoms with Gasteiger partial charge in [-0.25, -0.2) is 19.7 Å². The van der Waals surface area contributed by atoms with Crippen LogP contribution in [0, 0.1) is 20.8 Å². The first-order valence-corrected chi connectivity index (χ1v) is 10.8. The number of nitrogens with one attached hydrogen (secondary N) is 1. The number of piperazine rings is 1. The van der Waals surface area contributed by atoms with Gasteiger partial charge < -0.3 is 19.9 Å². The van der Waals surface area contributed by atoms with Crippen molar-refractivity contribution < 1.29 is 9.53 Å². The quantitative estimate of drug-likeness (QED) is 0.661. The van der Waals surface area contributed by atoms with Crippen LogP contribution in [0.1, 0.15) is 24.1 Å². The normalized spacial score (nSPS) is 13.9. The first kappa shape index (κ1) is 21.6. The molecule has 1 aliphatic heterocycles. The van der Waals surface area contributed by atoms with Crippen LogP contribution in [-0.4, -0.2) is 63.2 Å². The molecule has 2 amide bonds. The second kappa shape index (κ2) is 9.25. The molecule has 0 atom stereocenters. The molecule has 1 saturated heterocycles. The number of rotatable bonds is 5. The Bertz CT molecular complexity index is 1090. The van der Waals surface area contributed by atoms with Crippen LogP contribution in [0.2, 0.25) is 0 Å². The first-order valence-electron chi connectivity index (χ1n) is 10.8. The van der Waals surface area contributed by atoms with E-state index in [9.17, 15) is 4.79 Å². The Hall–Kier alpha value is -3.62. The van der Waals surface area contributed by atoms with Gasteiger partial charge in [-0.3, -0.25) is 4.57 Å². The lowest BCUT2D eigenvalue weighted by atomic mass is 10.3. The average molecular weight is 436 g/mol. The van der Waals surface area contributed by atoms with Gasteiger partial charge in [-0.15, -0.1) is 0 Å². The molecule has 1 fully saturated rings. The van der Waals surface area contributed by atoms with E-state index in [-0.39, 0.29) is 6.03 Å². The van der Waals surface area contributed by atoms with E-state index in [4.69, 9.17) is 4.74 Å². The Morgan fingerprint density at radius 2 is 1.72 bits per heavy atom. The maximum Gasteiger partial charge on any atom is 0.321 e. The lowest BCUT2D eigenvalue weighted by Crippen LogP contribution is -2.50. The lowest BCUT2D eigenvalue weighted by molar-refractivity contribution is 0.208. The predicted molar refractivity (Wildman–Crippen MR) is 124 cm³/mol. The molecule has 9 heteroatoms. The van der Waals surface area contributed by atoms with E-state index in [1.165, 1.54) is 0 Å². The van der Waals surface area contributed by atoms with Gasteiger partial charge in [0.25, 0.3) is 0 Å². The maximum atomic E-state index is 12.7. The zero-order valence-electron chi connectivity index (χ0n) is 19.0. The number of amides is 2. The van der Waals surface area contributed by atoms with Crippen LogP contribution in [0.3, 0.4) is 0 Å². The summed E-state index contributed by atoms with van der Waals surface area (Å²) in [5, 5.41) is 2.96. The average Bonchev–Trinajstić information content (AvgIpc) is 3.13. The Morgan fingerprint density at radius 1 is 1.03 bits per heavy atom. The highest BCUT2D eigenvalue weighted by molar-refractivity contribution is 5.89. The van der Waals surface area contributed by atoms with Crippen LogP contribution in [0.5, 0.6) is 5.75 Å². The van der Waals surface area contributed by atoms with Crippen molar-refractivity contribution in [1.29, 1.82) is 0 Å². The number of aryl methyl sites for hydroxylation is 2. The molecule has 0 saturated carbocycles. The van der Waals surface area contributed by atoms with E-state index in [0.29, 0.717) is 38.6 Å². The summed E-state index contributed by atoms with van der Waals surface area (Å²) in [5.41, 5.74) is 2.79. The van der Waals surface area contributed by atoms with Gasteiger partial charge in [-0.05, 0) is 52.0 Å². The van der Waals surface area contributed by atoms with Gasteiger partial charge in [0.1, 0.15) is 29.5 Å². The summed E-state index contributed by atoms with van der Waals surface area (Å²) in [6.45, 7) is 11.1. The molecular formula is C23H29N7O2. The summed E-state index contributed by atoms with van der Waals surface area (Å²) in [6, 6.07) is 9.30. The largest absolute Gasteiger partial charge is 0.494 e. The molecule has 0 bridgehead atoms. The third-order valence-electron chi connectivity index (χ3n) is 5.62. The molecular weight excluding hydrogens is 406 g/mol. The fourth-order valence-electron chi connectivity index (χ4n) is 3.69. The Balaban J connectivity index is 1.39. The smallest absolute Gasteiger partial charge is 0.321 e. The molecule has 9 nitrogen and oxygen atoms in total. The highest BCUT2D eigenvalue weighted by atomic mass is 16.5. The molecule has 3 heterocycles. The predicted octanol–water partition coefficient (Wildman–Crippen LogP) is 3.34. The highest BCUT2D eigenvalue weighted by Crippen LogP contribution is 2.20. The van der Waals surface area contributed by atoms with Crippen molar-refractivity contribution in [2.45, 2.75) is 27.7 Å². The topological polar surface area (TPSA) is 88.4 Å². The monoisotopic (exact) mass is 435 g/mol. The van der Waals surface area contributed by atoms with E-state index in [0.717, 1.165) is 34.5 Å². The van der Waals surface area contributed by atoms with Gasteiger partial charge in [0.05, 0.1) is 12.3 Å². The van der Waals surface area contributed by atoms with Crippen molar-refractivity contribution in [2.75, 3.05) is 43.0 Å². The van der Waals surface area contributed by atoms with Crippen LogP contribution < -0.4 is 15.0 Å². The SMILES string of the molecule is CCOc1ccc(NC(=O)N2CCN(c3cc(-n4cnc(C)c4C)nc(C)n3)CC2)cc1. The minimum Gasteiger partial charge on any atom is -0.494 e. The number of hydrogen-bond donors (Lipinski definition) is 1. The number of nitrogens with zero attached hydrogens (tertiary/aromatic N) is 6. The summed E-state index contributed by atoms with van der Waals surface area (Å²) < 4.78 is 7.42. The van der Waals surface area contributed by atoms with E-state index in [2.05, 4.69) is 25.2 Å². The van der Waals surface area contributed by atoms with Gasteiger partial charge in [0, 0.05) is 43.6 Å². The van der Waals surface area contributed by atoms with Crippen LogP contribution in [0.15, 0.2) is 36.7 Å². The number of carbonyl (C=O) groups excluding carboxylic acids is 1. The molecule has 1 N–H and O–H groups in total. The fourth-order valence-corrected chi connectivity index (χ4v) is 3.69. The van der Waals surface area contributed by atoms with Crippen LogP contribution in [-0.2, 0) is 0 Å². The van der Waals surface area contributed by atoms with Gasteiger partial charge in [0.2, 0.25) is 0 Å². The molecule has 1 aromatic carbocycles. The zero-order valence-corrected chi connectivity index (χ0v) is 19.0. The molecule has 0 radical (unpaired) electrons. The van der Waals surface area contributed by atoms with Gasteiger partial charge in [-0.1, -0.05) is 0 Å². The Labute approximate surface area is 188 Å². The second-order valence-electron chi connectivity index (χ2n) is 7.78. The Morgan fingerprint density at radius 3 is 2.34 bits per heavy atom.